The van der Waals surface area contributed by atoms with Gasteiger partial charge in [0.1, 0.15) is 0 Å². The smallest absolute Gasteiger partial charge is 0.222 e. The molecular formula is C20H24N2O. The molecule has 3 heteroatoms. The largest absolute Gasteiger partial charge is 0.338 e. The number of carbonyl (C=O) groups is 1. The van der Waals surface area contributed by atoms with Gasteiger partial charge in [0.15, 0.2) is 0 Å². The monoisotopic (exact) mass is 308 g/mol. The Balaban J connectivity index is 1.76. The molecule has 1 unspecified atom stereocenters. The molecule has 1 aliphatic rings. The summed E-state index contributed by atoms with van der Waals surface area (Å²) in [7, 11) is 0. The molecule has 120 valence electrons. The van der Waals surface area contributed by atoms with Crippen LogP contribution in [0.3, 0.4) is 0 Å². The van der Waals surface area contributed by atoms with Gasteiger partial charge in [0.25, 0.3) is 0 Å². The lowest BCUT2D eigenvalue weighted by Crippen LogP contribution is -2.35. The van der Waals surface area contributed by atoms with E-state index in [9.17, 15) is 4.79 Å². The predicted molar refractivity (Wildman–Crippen MR) is 92.9 cm³/mol. The highest BCUT2D eigenvalue weighted by Gasteiger charge is 2.20. The van der Waals surface area contributed by atoms with E-state index in [1.54, 1.807) is 0 Å². The summed E-state index contributed by atoms with van der Waals surface area (Å²) in [5.74, 6) is 0.231. The van der Waals surface area contributed by atoms with Crippen LogP contribution in [0.15, 0.2) is 48.5 Å². The van der Waals surface area contributed by atoms with Gasteiger partial charge in [0.05, 0.1) is 0 Å². The minimum absolute atomic E-state index is 0.0139. The highest BCUT2D eigenvalue weighted by Crippen LogP contribution is 2.24. The second kappa shape index (κ2) is 6.97. The molecule has 1 aliphatic heterocycles. The van der Waals surface area contributed by atoms with Crippen molar-refractivity contribution in [2.45, 2.75) is 38.8 Å². The third-order valence-electron chi connectivity index (χ3n) is 4.62. The van der Waals surface area contributed by atoms with Crippen molar-refractivity contribution in [3.63, 3.8) is 0 Å². The number of carbonyl (C=O) groups excluding carboxylic acids is 1. The zero-order chi connectivity index (χ0) is 16.2. The Labute approximate surface area is 138 Å². The van der Waals surface area contributed by atoms with Crippen LogP contribution in [0, 0.1) is 0 Å². The quantitative estimate of drug-likeness (QED) is 0.942. The van der Waals surface area contributed by atoms with Crippen LogP contribution in [-0.4, -0.2) is 17.4 Å². The first kappa shape index (κ1) is 15.8. The van der Waals surface area contributed by atoms with Gasteiger partial charge in [0.2, 0.25) is 5.91 Å². The van der Waals surface area contributed by atoms with Crippen molar-refractivity contribution in [3.05, 3.63) is 70.8 Å². The average molecular weight is 308 g/mol. The van der Waals surface area contributed by atoms with Gasteiger partial charge in [-0.3, -0.25) is 4.79 Å². The second-order valence-corrected chi connectivity index (χ2v) is 6.24. The predicted octanol–water partition coefficient (Wildman–Crippen LogP) is 3.22. The molecule has 1 amide bonds. The van der Waals surface area contributed by atoms with E-state index in [1.165, 1.54) is 16.7 Å². The molecule has 1 heterocycles. The molecular weight excluding hydrogens is 284 g/mol. The standard InChI is InChI=1S/C20H24N2O/c1-2-20(23)22-11-10-16-8-9-17(13-18(16)14-22)19(21)12-15-6-4-3-5-7-15/h3-9,13,19H,2,10-12,14,21H2,1H3. The maximum atomic E-state index is 11.9. The maximum absolute atomic E-state index is 11.9. The van der Waals surface area contributed by atoms with E-state index in [-0.39, 0.29) is 11.9 Å². The van der Waals surface area contributed by atoms with Crippen LogP contribution in [0.5, 0.6) is 0 Å². The molecule has 0 bridgehead atoms. The Kier molecular flexibility index (Phi) is 4.77. The molecule has 23 heavy (non-hydrogen) atoms. The Bertz CT molecular complexity index is 681. The number of hydrogen-bond donors (Lipinski definition) is 1. The fraction of sp³-hybridized carbons (Fsp3) is 0.350. The summed E-state index contributed by atoms with van der Waals surface area (Å²) >= 11 is 0. The summed E-state index contributed by atoms with van der Waals surface area (Å²) in [5, 5.41) is 0. The fourth-order valence-electron chi connectivity index (χ4n) is 3.23. The number of rotatable bonds is 4. The SMILES string of the molecule is CCC(=O)N1CCc2ccc(C(N)Cc3ccccc3)cc2C1. The van der Waals surface area contributed by atoms with E-state index in [0.29, 0.717) is 13.0 Å². The van der Waals surface area contributed by atoms with Crippen LogP contribution in [0.2, 0.25) is 0 Å². The lowest BCUT2D eigenvalue weighted by molar-refractivity contribution is -0.131. The van der Waals surface area contributed by atoms with Crippen molar-refractivity contribution in [1.82, 2.24) is 4.90 Å². The van der Waals surface area contributed by atoms with Crippen LogP contribution in [0.25, 0.3) is 0 Å². The highest BCUT2D eigenvalue weighted by molar-refractivity contribution is 5.76. The Hall–Kier alpha value is -2.13. The number of benzene rings is 2. The molecule has 1 atom stereocenters. The van der Waals surface area contributed by atoms with Gasteiger partial charge in [-0.15, -0.1) is 0 Å². The van der Waals surface area contributed by atoms with Crippen LogP contribution >= 0.6 is 0 Å². The first-order valence-corrected chi connectivity index (χ1v) is 8.36. The van der Waals surface area contributed by atoms with Crippen molar-refractivity contribution in [1.29, 1.82) is 0 Å². The van der Waals surface area contributed by atoms with Crippen LogP contribution in [-0.2, 0) is 24.2 Å². The zero-order valence-corrected chi connectivity index (χ0v) is 13.7. The van der Waals surface area contributed by atoms with Gasteiger partial charge in [-0.05, 0) is 35.1 Å². The molecule has 2 aromatic rings. The average Bonchev–Trinajstić information content (AvgIpc) is 2.60. The van der Waals surface area contributed by atoms with E-state index in [0.717, 1.165) is 24.9 Å². The molecule has 2 aromatic carbocycles. The molecule has 0 fully saturated rings. The van der Waals surface area contributed by atoms with Crippen molar-refractivity contribution in [3.8, 4) is 0 Å². The van der Waals surface area contributed by atoms with E-state index >= 15 is 0 Å². The minimum atomic E-state index is -0.0139. The van der Waals surface area contributed by atoms with E-state index < -0.39 is 0 Å². The number of hydrogen-bond acceptors (Lipinski definition) is 2. The van der Waals surface area contributed by atoms with Crippen molar-refractivity contribution >= 4 is 5.91 Å². The van der Waals surface area contributed by atoms with Gasteiger partial charge in [-0.25, -0.2) is 0 Å². The summed E-state index contributed by atoms with van der Waals surface area (Å²) < 4.78 is 0. The Morgan fingerprint density at radius 1 is 1.17 bits per heavy atom. The summed E-state index contributed by atoms with van der Waals surface area (Å²) in [5.41, 5.74) is 11.4. The van der Waals surface area contributed by atoms with Crippen LogP contribution in [0.4, 0.5) is 0 Å². The van der Waals surface area contributed by atoms with Gasteiger partial charge < -0.3 is 10.6 Å². The van der Waals surface area contributed by atoms with E-state index in [2.05, 4.69) is 30.3 Å². The maximum Gasteiger partial charge on any atom is 0.222 e. The lowest BCUT2D eigenvalue weighted by atomic mass is 9.93. The summed E-state index contributed by atoms with van der Waals surface area (Å²) in [6, 6.07) is 16.8. The minimum Gasteiger partial charge on any atom is -0.338 e. The van der Waals surface area contributed by atoms with Gasteiger partial charge in [-0.2, -0.15) is 0 Å². The first-order valence-electron chi connectivity index (χ1n) is 8.36. The number of fused-ring (bicyclic) bond motifs is 1. The van der Waals surface area contributed by atoms with Crippen molar-refractivity contribution < 1.29 is 4.79 Å². The van der Waals surface area contributed by atoms with Gasteiger partial charge >= 0.3 is 0 Å². The second-order valence-electron chi connectivity index (χ2n) is 6.24. The normalized spacial score (nSPS) is 15.1. The van der Waals surface area contributed by atoms with Crippen molar-refractivity contribution in [2.24, 2.45) is 5.73 Å². The Morgan fingerprint density at radius 3 is 2.70 bits per heavy atom. The third-order valence-corrected chi connectivity index (χ3v) is 4.62. The molecule has 0 saturated heterocycles. The summed E-state index contributed by atoms with van der Waals surface area (Å²) in [6.45, 7) is 3.47. The third kappa shape index (κ3) is 3.62. The van der Waals surface area contributed by atoms with Crippen molar-refractivity contribution in [2.75, 3.05) is 6.54 Å². The van der Waals surface area contributed by atoms with Crippen LogP contribution < -0.4 is 5.73 Å². The Morgan fingerprint density at radius 2 is 1.96 bits per heavy atom. The number of nitrogens with two attached hydrogens (primary N) is 1. The molecule has 0 spiro atoms. The van der Waals surface area contributed by atoms with Crippen LogP contribution in [0.1, 0.15) is 41.6 Å². The molecule has 2 N–H and O–H groups in total. The van der Waals surface area contributed by atoms with E-state index in [1.807, 2.05) is 30.0 Å². The lowest BCUT2D eigenvalue weighted by Gasteiger charge is -2.29. The number of amides is 1. The molecule has 3 rings (SSSR count). The summed E-state index contributed by atoms with van der Waals surface area (Å²) in [4.78, 5) is 13.9. The van der Waals surface area contributed by atoms with Gasteiger partial charge in [0, 0.05) is 25.6 Å². The topological polar surface area (TPSA) is 46.3 Å². The summed E-state index contributed by atoms with van der Waals surface area (Å²) in [6.07, 6.45) is 2.34. The molecule has 0 saturated carbocycles. The molecule has 3 nitrogen and oxygen atoms in total. The molecule has 0 radical (unpaired) electrons. The highest BCUT2D eigenvalue weighted by atomic mass is 16.2. The molecule has 0 aliphatic carbocycles. The fourth-order valence-corrected chi connectivity index (χ4v) is 3.23. The molecule has 0 aromatic heterocycles. The van der Waals surface area contributed by atoms with Gasteiger partial charge in [-0.1, -0.05) is 55.5 Å². The zero-order valence-electron chi connectivity index (χ0n) is 13.7. The number of nitrogens with zero attached hydrogens (tertiary/aromatic N) is 1. The van der Waals surface area contributed by atoms with E-state index in [4.69, 9.17) is 5.73 Å². The first-order chi connectivity index (χ1) is 11.2.